The lowest BCUT2D eigenvalue weighted by Gasteiger charge is -2.35. The lowest BCUT2D eigenvalue weighted by atomic mass is 9.87. The Kier molecular flexibility index (Phi) is 5.07. The molecule has 2 heterocycles. The van der Waals surface area contributed by atoms with Gasteiger partial charge < -0.3 is 9.47 Å². The zero-order valence-corrected chi connectivity index (χ0v) is 12.6. The van der Waals surface area contributed by atoms with E-state index >= 15 is 0 Å². The molecule has 1 aliphatic rings. The van der Waals surface area contributed by atoms with Crippen LogP contribution in [-0.2, 0) is 20.7 Å². The zero-order chi connectivity index (χ0) is 13.7. The highest BCUT2D eigenvalue weighted by Gasteiger charge is 2.40. The number of aromatic nitrogens is 1. The van der Waals surface area contributed by atoms with Crippen LogP contribution in [-0.4, -0.2) is 36.2 Å². The molecule has 0 saturated carbocycles. The van der Waals surface area contributed by atoms with Crippen LogP contribution in [0.1, 0.15) is 25.5 Å². The van der Waals surface area contributed by atoms with E-state index in [0.29, 0.717) is 39.1 Å². The van der Waals surface area contributed by atoms with Crippen LogP contribution in [0.5, 0.6) is 0 Å². The van der Waals surface area contributed by atoms with Gasteiger partial charge in [-0.2, -0.15) is 0 Å². The quantitative estimate of drug-likeness (QED) is 0.833. The molecule has 104 valence electrons. The van der Waals surface area contributed by atoms with Crippen molar-refractivity contribution in [3.63, 3.8) is 0 Å². The van der Waals surface area contributed by atoms with Crippen molar-refractivity contribution in [1.82, 2.24) is 4.98 Å². The number of ketones is 1. The van der Waals surface area contributed by atoms with E-state index < -0.39 is 5.60 Å². The lowest BCUT2D eigenvalue weighted by molar-refractivity contribution is -0.156. The van der Waals surface area contributed by atoms with Gasteiger partial charge in [0.05, 0.1) is 6.42 Å². The van der Waals surface area contributed by atoms with Crippen molar-refractivity contribution in [2.24, 2.45) is 0 Å². The molecule has 0 aliphatic carbocycles. The third-order valence-corrected chi connectivity index (χ3v) is 3.83. The van der Waals surface area contributed by atoms with Crippen LogP contribution in [0.2, 0.25) is 0 Å². The van der Waals surface area contributed by atoms with E-state index in [1.165, 1.54) is 0 Å². The fourth-order valence-electron chi connectivity index (χ4n) is 2.32. The molecule has 0 bridgehead atoms. The van der Waals surface area contributed by atoms with Crippen LogP contribution in [0.25, 0.3) is 0 Å². The molecule has 0 radical (unpaired) electrons. The summed E-state index contributed by atoms with van der Waals surface area (Å²) >= 11 is 3.34. The summed E-state index contributed by atoms with van der Waals surface area (Å²) in [6.45, 7) is 3.63. The summed E-state index contributed by atoms with van der Waals surface area (Å²) in [5.74, 6) is 0.104. The number of ether oxygens (including phenoxy) is 2. The number of Topliss-reactive ketones (excluding diaryl/α,β-unsaturated/α-hetero) is 1. The Morgan fingerprint density at radius 3 is 2.79 bits per heavy atom. The fourth-order valence-corrected chi connectivity index (χ4v) is 2.55. The Hall–Kier alpha value is -0.780. The van der Waals surface area contributed by atoms with Gasteiger partial charge in [0.15, 0.2) is 5.78 Å². The summed E-state index contributed by atoms with van der Waals surface area (Å²) in [6, 6.07) is 3.76. The highest BCUT2D eigenvalue weighted by Crippen LogP contribution is 2.27. The number of halogens is 1. The minimum absolute atomic E-state index is 0.104. The summed E-state index contributed by atoms with van der Waals surface area (Å²) in [4.78, 5) is 16.8. The third-order valence-electron chi connectivity index (χ3n) is 3.36. The van der Waals surface area contributed by atoms with Crippen molar-refractivity contribution in [2.75, 3.05) is 19.8 Å². The summed E-state index contributed by atoms with van der Waals surface area (Å²) in [6.07, 6.45) is 3.29. The van der Waals surface area contributed by atoms with Gasteiger partial charge in [-0.15, -0.1) is 0 Å². The first-order valence-corrected chi connectivity index (χ1v) is 7.31. The largest absolute Gasteiger partial charge is 0.381 e. The lowest BCUT2D eigenvalue weighted by Crippen LogP contribution is -2.47. The first kappa shape index (κ1) is 14.6. The second-order valence-electron chi connectivity index (χ2n) is 4.61. The van der Waals surface area contributed by atoms with Crippen LogP contribution >= 0.6 is 15.9 Å². The summed E-state index contributed by atoms with van der Waals surface area (Å²) in [7, 11) is 0. The van der Waals surface area contributed by atoms with E-state index in [1.54, 1.807) is 6.20 Å². The molecular weight excluding hydrogens is 310 g/mol. The Balaban J connectivity index is 2.09. The van der Waals surface area contributed by atoms with Gasteiger partial charge in [-0.3, -0.25) is 9.78 Å². The molecule has 1 aliphatic heterocycles. The molecule has 0 N–H and O–H groups in total. The monoisotopic (exact) mass is 327 g/mol. The second-order valence-corrected chi connectivity index (χ2v) is 5.52. The first-order chi connectivity index (χ1) is 9.16. The minimum atomic E-state index is -0.679. The highest BCUT2D eigenvalue weighted by molar-refractivity contribution is 9.10. The number of nitrogens with zero attached hydrogens (tertiary/aromatic N) is 1. The molecule has 4 nitrogen and oxygen atoms in total. The van der Waals surface area contributed by atoms with Crippen molar-refractivity contribution in [1.29, 1.82) is 0 Å². The van der Waals surface area contributed by atoms with E-state index in [9.17, 15) is 4.79 Å². The Labute approximate surface area is 121 Å². The fraction of sp³-hybridized carbons (Fsp3) is 0.571. The van der Waals surface area contributed by atoms with Crippen molar-refractivity contribution >= 4 is 21.7 Å². The molecular formula is C14H18BrNO3. The van der Waals surface area contributed by atoms with Crippen molar-refractivity contribution in [3.05, 3.63) is 28.5 Å². The van der Waals surface area contributed by atoms with Crippen molar-refractivity contribution in [3.8, 4) is 0 Å². The normalized spacial score (nSPS) is 18.2. The molecule has 19 heavy (non-hydrogen) atoms. The molecule has 0 spiro atoms. The SMILES string of the molecule is CCOC1(C(=O)Cc2ccc(Br)cn2)CCOCC1. The van der Waals surface area contributed by atoms with E-state index in [-0.39, 0.29) is 5.78 Å². The molecule has 2 rings (SSSR count). The summed E-state index contributed by atoms with van der Waals surface area (Å²) in [5.41, 5.74) is 0.0978. The van der Waals surface area contributed by atoms with E-state index in [0.717, 1.165) is 10.2 Å². The van der Waals surface area contributed by atoms with Crippen LogP contribution in [0, 0.1) is 0 Å². The smallest absolute Gasteiger partial charge is 0.170 e. The van der Waals surface area contributed by atoms with E-state index in [2.05, 4.69) is 20.9 Å². The Morgan fingerprint density at radius 2 is 2.21 bits per heavy atom. The molecule has 1 saturated heterocycles. The van der Waals surface area contributed by atoms with Crippen molar-refractivity contribution < 1.29 is 14.3 Å². The first-order valence-electron chi connectivity index (χ1n) is 6.52. The second kappa shape index (κ2) is 6.59. The Morgan fingerprint density at radius 1 is 1.47 bits per heavy atom. The molecule has 0 amide bonds. The van der Waals surface area contributed by atoms with Gasteiger partial charge >= 0.3 is 0 Å². The number of carbonyl (C=O) groups excluding carboxylic acids is 1. The van der Waals surface area contributed by atoms with Gasteiger partial charge in [-0.05, 0) is 35.0 Å². The Bertz CT molecular complexity index is 421. The summed E-state index contributed by atoms with van der Waals surface area (Å²) < 4.78 is 12.0. The van der Waals surface area contributed by atoms with Crippen LogP contribution < -0.4 is 0 Å². The molecule has 0 aromatic carbocycles. The number of hydrogen-bond donors (Lipinski definition) is 0. The van der Waals surface area contributed by atoms with Crippen LogP contribution in [0.3, 0.4) is 0 Å². The van der Waals surface area contributed by atoms with Gasteiger partial charge in [-0.1, -0.05) is 0 Å². The standard InChI is InChI=1S/C14H18BrNO3/c1-2-19-14(5-7-18-8-6-14)13(17)9-12-4-3-11(15)10-16-12/h3-4,10H,2,5-9H2,1H3. The number of hydrogen-bond acceptors (Lipinski definition) is 4. The van der Waals surface area contributed by atoms with Crippen LogP contribution in [0.4, 0.5) is 0 Å². The van der Waals surface area contributed by atoms with Gasteiger partial charge in [-0.25, -0.2) is 0 Å². The van der Waals surface area contributed by atoms with E-state index in [4.69, 9.17) is 9.47 Å². The maximum atomic E-state index is 12.5. The summed E-state index contributed by atoms with van der Waals surface area (Å²) in [5, 5.41) is 0. The van der Waals surface area contributed by atoms with Gasteiger partial charge in [0, 0.05) is 49.0 Å². The minimum Gasteiger partial charge on any atom is -0.381 e. The molecule has 0 atom stereocenters. The molecule has 1 aromatic rings. The third kappa shape index (κ3) is 3.61. The topological polar surface area (TPSA) is 48.4 Å². The van der Waals surface area contributed by atoms with Gasteiger partial charge in [0.2, 0.25) is 0 Å². The molecule has 5 heteroatoms. The number of pyridine rings is 1. The van der Waals surface area contributed by atoms with Crippen LogP contribution in [0.15, 0.2) is 22.8 Å². The predicted octanol–water partition coefficient (Wildman–Crippen LogP) is 2.54. The highest BCUT2D eigenvalue weighted by atomic mass is 79.9. The average molecular weight is 328 g/mol. The van der Waals surface area contributed by atoms with Gasteiger partial charge in [0.1, 0.15) is 5.60 Å². The molecule has 0 unspecified atom stereocenters. The van der Waals surface area contributed by atoms with E-state index in [1.807, 2.05) is 19.1 Å². The maximum Gasteiger partial charge on any atom is 0.170 e. The van der Waals surface area contributed by atoms with Gasteiger partial charge in [0.25, 0.3) is 0 Å². The average Bonchev–Trinajstić information content (AvgIpc) is 2.43. The maximum absolute atomic E-state index is 12.5. The molecule has 1 aromatic heterocycles. The predicted molar refractivity (Wildman–Crippen MR) is 75.1 cm³/mol. The molecule has 1 fully saturated rings. The number of rotatable bonds is 5. The van der Waals surface area contributed by atoms with Crippen molar-refractivity contribution in [2.45, 2.75) is 31.8 Å². The number of carbonyl (C=O) groups is 1. The zero-order valence-electron chi connectivity index (χ0n) is 11.0.